The molecule has 1 aliphatic rings. The number of hydrogen-bond acceptors (Lipinski definition) is 4. The van der Waals surface area contributed by atoms with E-state index in [1.54, 1.807) is 24.1 Å². The number of para-hydroxylation sites is 2. The maximum absolute atomic E-state index is 12.7. The average Bonchev–Trinajstić information content (AvgIpc) is 2.69. The maximum atomic E-state index is 12.7. The van der Waals surface area contributed by atoms with Crippen molar-refractivity contribution in [3.63, 3.8) is 0 Å². The molecule has 0 bridgehead atoms. The van der Waals surface area contributed by atoms with Crippen LogP contribution in [0.15, 0.2) is 48.5 Å². The van der Waals surface area contributed by atoms with Crippen LogP contribution in [0.3, 0.4) is 0 Å². The van der Waals surface area contributed by atoms with Crippen LogP contribution in [0.5, 0.6) is 5.75 Å². The summed E-state index contributed by atoms with van der Waals surface area (Å²) in [5.74, 6) is 0.726. The summed E-state index contributed by atoms with van der Waals surface area (Å²) in [4.78, 5) is 16.5. The highest BCUT2D eigenvalue weighted by Crippen LogP contribution is 2.28. The SMILES string of the molecule is CC1CN(c2ccccc2NC(=O)N(C)CCOc2ccc(Cl)cc2)CC(C)O1. The van der Waals surface area contributed by atoms with Gasteiger partial charge in [0.15, 0.2) is 0 Å². The molecule has 0 spiro atoms. The Morgan fingerprint density at radius 1 is 1.17 bits per heavy atom. The summed E-state index contributed by atoms with van der Waals surface area (Å²) in [5.41, 5.74) is 1.80. The number of morpholine rings is 1. The second-order valence-electron chi connectivity index (χ2n) is 7.33. The quantitative estimate of drug-likeness (QED) is 0.752. The van der Waals surface area contributed by atoms with Gasteiger partial charge in [0.2, 0.25) is 0 Å². The van der Waals surface area contributed by atoms with E-state index < -0.39 is 0 Å². The molecule has 29 heavy (non-hydrogen) atoms. The van der Waals surface area contributed by atoms with Gasteiger partial charge in [-0.1, -0.05) is 23.7 Å². The van der Waals surface area contributed by atoms with Crippen LogP contribution < -0.4 is 15.0 Å². The molecule has 2 amide bonds. The Morgan fingerprint density at radius 2 is 1.83 bits per heavy atom. The molecule has 1 saturated heterocycles. The molecule has 1 heterocycles. The second kappa shape index (κ2) is 9.85. The molecule has 2 aromatic rings. The lowest BCUT2D eigenvalue weighted by molar-refractivity contribution is -0.00517. The normalized spacial score (nSPS) is 19.0. The monoisotopic (exact) mass is 417 g/mol. The lowest BCUT2D eigenvalue weighted by Crippen LogP contribution is -2.46. The molecule has 2 aromatic carbocycles. The van der Waals surface area contributed by atoms with Gasteiger partial charge in [0.05, 0.1) is 30.1 Å². The number of amides is 2. The minimum atomic E-state index is -0.175. The minimum absolute atomic E-state index is 0.148. The standard InChI is InChI=1S/C22H28ClN3O3/c1-16-14-26(15-17(2)29-16)21-7-5-4-6-20(21)24-22(27)25(3)12-13-28-19-10-8-18(23)9-11-19/h4-11,16-17H,12-15H2,1-3H3,(H,24,27). The predicted molar refractivity (Wildman–Crippen MR) is 117 cm³/mol. The molecule has 1 aliphatic heterocycles. The fraction of sp³-hybridized carbons (Fsp3) is 0.409. The Hall–Kier alpha value is -2.44. The summed E-state index contributed by atoms with van der Waals surface area (Å²) in [7, 11) is 1.75. The van der Waals surface area contributed by atoms with E-state index in [4.69, 9.17) is 21.1 Å². The lowest BCUT2D eigenvalue weighted by atomic mass is 10.1. The van der Waals surface area contributed by atoms with Gasteiger partial charge in [-0.15, -0.1) is 0 Å². The highest BCUT2D eigenvalue weighted by molar-refractivity contribution is 6.30. The molecule has 3 rings (SSSR count). The van der Waals surface area contributed by atoms with E-state index in [9.17, 15) is 4.79 Å². The van der Waals surface area contributed by atoms with E-state index >= 15 is 0 Å². The van der Waals surface area contributed by atoms with E-state index in [-0.39, 0.29) is 18.2 Å². The molecule has 7 heteroatoms. The van der Waals surface area contributed by atoms with Gasteiger partial charge in [0.25, 0.3) is 0 Å². The molecular weight excluding hydrogens is 390 g/mol. The van der Waals surface area contributed by atoms with Crippen molar-refractivity contribution in [3.8, 4) is 5.75 Å². The second-order valence-corrected chi connectivity index (χ2v) is 7.77. The first-order chi connectivity index (χ1) is 13.9. The molecule has 0 saturated carbocycles. The van der Waals surface area contributed by atoms with E-state index in [2.05, 4.69) is 24.1 Å². The Kier molecular flexibility index (Phi) is 7.23. The van der Waals surface area contributed by atoms with Crippen molar-refractivity contribution in [2.45, 2.75) is 26.1 Å². The summed E-state index contributed by atoms with van der Waals surface area (Å²) in [6.07, 6.45) is 0.297. The molecule has 2 unspecified atom stereocenters. The number of urea groups is 1. The number of halogens is 1. The third-order valence-corrected chi connectivity index (χ3v) is 5.01. The molecular formula is C22H28ClN3O3. The number of anilines is 2. The van der Waals surface area contributed by atoms with Crippen molar-refractivity contribution in [1.29, 1.82) is 0 Å². The summed E-state index contributed by atoms with van der Waals surface area (Å²) < 4.78 is 11.5. The third-order valence-electron chi connectivity index (χ3n) is 4.76. The van der Waals surface area contributed by atoms with Gasteiger partial charge in [-0.05, 0) is 50.2 Å². The highest BCUT2D eigenvalue weighted by atomic mass is 35.5. The summed E-state index contributed by atoms with van der Waals surface area (Å²) in [6.45, 7) is 6.58. The zero-order valence-corrected chi connectivity index (χ0v) is 17.9. The van der Waals surface area contributed by atoms with E-state index in [1.165, 1.54) is 0 Å². The van der Waals surface area contributed by atoms with Crippen LogP contribution in [0.1, 0.15) is 13.8 Å². The fourth-order valence-corrected chi connectivity index (χ4v) is 3.50. The fourth-order valence-electron chi connectivity index (χ4n) is 3.37. The number of likely N-dealkylation sites (N-methyl/N-ethyl adjacent to an activating group) is 1. The maximum Gasteiger partial charge on any atom is 0.321 e. The highest BCUT2D eigenvalue weighted by Gasteiger charge is 2.24. The average molecular weight is 418 g/mol. The predicted octanol–water partition coefficient (Wildman–Crippen LogP) is 4.50. The molecule has 0 radical (unpaired) electrons. The number of carbonyl (C=O) groups excluding carboxylic acids is 1. The van der Waals surface area contributed by atoms with Crippen molar-refractivity contribution in [3.05, 3.63) is 53.6 Å². The van der Waals surface area contributed by atoms with Gasteiger partial charge in [-0.3, -0.25) is 0 Å². The smallest absolute Gasteiger partial charge is 0.321 e. The van der Waals surface area contributed by atoms with Crippen molar-refractivity contribution in [2.75, 3.05) is 43.5 Å². The Morgan fingerprint density at radius 3 is 2.52 bits per heavy atom. The molecule has 0 aromatic heterocycles. The Labute approximate surface area is 177 Å². The molecule has 0 aliphatic carbocycles. The topological polar surface area (TPSA) is 54.0 Å². The Bertz CT molecular complexity index is 805. The van der Waals surface area contributed by atoms with Gasteiger partial charge < -0.3 is 24.6 Å². The molecule has 6 nitrogen and oxygen atoms in total. The summed E-state index contributed by atoms with van der Waals surface area (Å²) >= 11 is 5.87. The van der Waals surface area contributed by atoms with Gasteiger partial charge in [0, 0.05) is 25.2 Å². The largest absolute Gasteiger partial charge is 0.492 e. The van der Waals surface area contributed by atoms with Crippen molar-refractivity contribution in [2.24, 2.45) is 0 Å². The zero-order valence-electron chi connectivity index (χ0n) is 17.1. The number of nitrogens with zero attached hydrogens (tertiary/aromatic N) is 2. The Balaban J connectivity index is 1.56. The number of ether oxygens (including phenoxy) is 2. The lowest BCUT2D eigenvalue weighted by Gasteiger charge is -2.37. The minimum Gasteiger partial charge on any atom is -0.492 e. The van der Waals surface area contributed by atoms with Crippen molar-refractivity contribution in [1.82, 2.24) is 4.90 Å². The van der Waals surface area contributed by atoms with Crippen molar-refractivity contribution >= 4 is 29.0 Å². The molecule has 2 atom stereocenters. The van der Waals surface area contributed by atoms with Gasteiger partial charge in [0.1, 0.15) is 12.4 Å². The number of rotatable bonds is 6. The zero-order chi connectivity index (χ0) is 20.8. The first kappa shape index (κ1) is 21.3. The number of carbonyl (C=O) groups is 1. The van der Waals surface area contributed by atoms with Gasteiger partial charge in [-0.25, -0.2) is 4.79 Å². The number of nitrogens with one attached hydrogen (secondary N) is 1. The number of hydrogen-bond donors (Lipinski definition) is 1. The first-order valence-corrected chi connectivity index (χ1v) is 10.2. The van der Waals surface area contributed by atoms with Crippen LogP contribution in [-0.2, 0) is 4.74 Å². The first-order valence-electron chi connectivity index (χ1n) is 9.82. The summed E-state index contributed by atoms with van der Waals surface area (Å²) in [5, 5.41) is 3.69. The van der Waals surface area contributed by atoms with Crippen molar-refractivity contribution < 1.29 is 14.3 Å². The molecule has 1 N–H and O–H groups in total. The van der Waals surface area contributed by atoms with Crippen LogP contribution in [0, 0.1) is 0 Å². The van der Waals surface area contributed by atoms with Crippen LogP contribution >= 0.6 is 11.6 Å². The molecule has 1 fully saturated rings. The number of benzene rings is 2. The van der Waals surface area contributed by atoms with E-state index in [0.717, 1.165) is 30.2 Å². The summed E-state index contributed by atoms with van der Waals surface area (Å²) in [6, 6.07) is 14.9. The van der Waals surface area contributed by atoms with E-state index in [0.29, 0.717) is 18.2 Å². The van der Waals surface area contributed by atoms with Crippen LogP contribution in [0.25, 0.3) is 0 Å². The van der Waals surface area contributed by atoms with Crippen LogP contribution in [0.2, 0.25) is 5.02 Å². The van der Waals surface area contributed by atoms with Gasteiger partial charge >= 0.3 is 6.03 Å². The van der Waals surface area contributed by atoms with Crippen LogP contribution in [-0.4, -0.2) is 56.4 Å². The molecule has 156 valence electrons. The van der Waals surface area contributed by atoms with E-state index in [1.807, 2.05) is 36.4 Å². The third kappa shape index (κ3) is 6.02. The van der Waals surface area contributed by atoms with Gasteiger partial charge in [-0.2, -0.15) is 0 Å². The van der Waals surface area contributed by atoms with Crippen LogP contribution in [0.4, 0.5) is 16.2 Å².